The molecule has 0 atom stereocenters. The predicted molar refractivity (Wildman–Crippen MR) is 69.3 cm³/mol. The van der Waals surface area contributed by atoms with Crippen LogP contribution in [0, 0.1) is 5.41 Å². The van der Waals surface area contributed by atoms with Crippen LogP contribution >= 0.6 is 0 Å². The molecule has 1 aromatic rings. The summed E-state index contributed by atoms with van der Waals surface area (Å²) in [4.78, 5) is 0. The van der Waals surface area contributed by atoms with Crippen LogP contribution in [0.5, 0.6) is 0 Å². The molecule has 16 heavy (non-hydrogen) atoms. The first-order valence-electron chi connectivity index (χ1n) is 6.32. The SMILES string of the molecule is CC1(C)CCC(N)(Cc2ccccc2)CC1. The lowest BCUT2D eigenvalue weighted by molar-refractivity contribution is 0.164. The van der Waals surface area contributed by atoms with Crippen LogP contribution in [0.15, 0.2) is 30.3 Å². The highest BCUT2D eigenvalue weighted by molar-refractivity contribution is 5.18. The smallest absolute Gasteiger partial charge is 0.0195 e. The van der Waals surface area contributed by atoms with Gasteiger partial charge in [0, 0.05) is 5.54 Å². The summed E-state index contributed by atoms with van der Waals surface area (Å²) in [5, 5.41) is 0. The van der Waals surface area contributed by atoms with Gasteiger partial charge in [0.1, 0.15) is 0 Å². The topological polar surface area (TPSA) is 26.0 Å². The third kappa shape index (κ3) is 2.85. The van der Waals surface area contributed by atoms with Crippen molar-refractivity contribution >= 4 is 0 Å². The second-order valence-corrected chi connectivity index (χ2v) is 6.19. The molecular weight excluding hydrogens is 194 g/mol. The molecule has 1 fully saturated rings. The van der Waals surface area contributed by atoms with E-state index in [4.69, 9.17) is 5.73 Å². The van der Waals surface area contributed by atoms with Crippen molar-refractivity contribution in [1.29, 1.82) is 0 Å². The first-order valence-corrected chi connectivity index (χ1v) is 6.32. The van der Waals surface area contributed by atoms with Crippen molar-refractivity contribution < 1.29 is 0 Å². The number of nitrogens with two attached hydrogens (primary N) is 1. The van der Waals surface area contributed by atoms with Crippen molar-refractivity contribution in [3.8, 4) is 0 Å². The molecule has 0 spiro atoms. The van der Waals surface area contributed by atoms with Gasteiger partial charge in [0.05, 0.1) is 0 Å². The fraction of sp³-hybridized carbons (Fsp3) is 0.600. The molecule has 1 aliphatic carbocycles. The van der Waals surface area contributed by atoms with E-state index in [1.54, 1.807) is 0 Å². The minimum Gasteiger partial charge on any atom is -0.325 e. The van der Waals surface area contributed by atoms with Crippen LogP contribution in [0.1, 0.15) is 45.1 Å². The number of hydrogen-bond donors (Lipinski definition) is 1. The zero-order chi connectivity index (χ0) is 11.6. The summed E-state index contributed by atoms with van der Waals surface area (Å²) in [6.07, 6.45) is 5.88. The fourth-order valence-corrected chi connectivity index (χ4v) is 2.60. The summed E-state index contributed by atoms with van der Waals surface area (Å²) in [7, 11) is 0. The van der Waals surface area contributed by atoms with E-state index in [9.17, 15) is 0 Å². The van der Waals surface area contributed by atoms with Gasteiger partial charge in [-0.25, -0.2) is 0 Å². The molecule has 0 unspecified atom stereocenters. The molecular formula is C15H23N. The van der Waals surface area contributed by atoms with E-state index in [0.29, 0.717) is 5.41 Å². The second-order valence-electron chi connectivity index (χ2n) is 6.19. The van der Waals surface area contributed by atoms with Crippen LogP contribution in [0.4, 0.5) is 0 Å². The van der Waals surface area contributed by atoms with E-state index in [2.05, 4.69) is 44.2 Å². The van der Waals surface area contributed by atoms with Crippen LogP contribution in [-0.4, -0.2) is 5.54 Å². The fourth-order valence-electron chi connectivity index (χ4n) is 2.60. The van der Waals surface area contributed by atoms with Crippen LogP contribution in [0.2, 0.25) is 0 Å². The molecule has 1 nitrogen and oxygen atoms in total. The Hall–Kier alpha value is -0.820. The summed E-state index contributed by atoms with van der Waals surface area (Å²) in [5.74, 6) is 0. The quantitative estimate of drug-likeness (QED) is 0.806. The highest BCUT2D eigenvalue weighted by Gasteiger charge is 2.35. The van der Waals surface area contributed by atoms with E-state index in [0.717, 1.165) is 19.3 Å². The summed E-state index contributed by atoms with van der Waals surface area (Å²) in [5.41, 5.74) is 8.43. The molecule has 0 saturated heterocycles. The van der Waals surface area contributed by atoms with Crippen molar-refractivity contribution in [1.82, 2.24) is 0 Å². The Kier molecular flexibility index (Phi) is 3.07. The summed E-state index contributed by atoms with van der Waals surface area (Å²) < 4.78 is 0. The van der Waals surface area contributed by atoms with Crippen LogP contribution in [0.3, 0.4) is 0 Å². The molecule has 0 amide bonds. The normalized spacial score (nSPS) is 22.9. The van der Waals surface area contributed by atoms with Gasteiger partial charge in [-0.3, -0.25) is 0 Å². The zero-order valence-electron chi connectivity index (χ0n) is 10.5. The van der Waals surface area contributed by atoms with Crippen molar-refractivity contribution in [2.45, 2.75) is 51.5 Å². The van der Waals surface area contributed by atoms with Gasteiger partial charge in [-0.2, -0.15) is 0 Å². The average Bonchev–Trinajstić information content (AvgIpc) is 2.25. The number of rotatable bonds is 2. The molecule has 0 radical (unpaired) electrons. The van der Waals surface area contributed by atoms with Crippen molar-refractivity contribution in [3.63, 3.8) is 0 Å². The average molecular weight is 217 g/mol. The Morgan fingerprint density at radius 1 is 1.00 bits per heavy atom. The van der Waals surface area contributed by atoms with Gasteiger partial charge in [-0.05, 0) is 43.1 Å². The number of hydrogen-bond acceptors (Lipinski definition) is 1. The Labute approximate surface area is 99.0 Å². The van der Waals surface area contributed by atoms with E-state index >= 15 is 0 Å². The lowest BCUT2D eigenvalue weighted by Crippen LogP contribution is -2.46. The van der Waals surface area contributed by atoms with Crippen LogP contribution in [0.25, 0.3) is 0 Å². The van der Waals surface area contributed by atoms with Crippen molar-refractivity contribution in [3.05, 3.63) is 35.9 Å². The maximum absolute atomic E-state index is 6.51. The minimum absolute atomic E-state index is 0.0386. The number of benzene rings is 1. The largest absolute Gasteiger partial charge is 0.325 e. The van der Waals surface area contributed by atoms with Gasteiger partial charge in [-0.1, -0.05) is 44.2 Å². The van der Waals surface area contributed by atoms with Gasteiger partial charge in [0.2, 0.25) is 0 Å². The Balaban J connectivity index is 2.00. The third-order valence-corrected chi connectivity index (χ3v) is 4.00. The Bertz CT molecular complexity index is 330. The third-order valence-electron chi connectivity index (χ3n) is 4.00. The monoisotopic (exact) mass is 217 g/mol. The maximum atomic E-state index is 6.51. The Morgan fingerprint density at radius 3 is 2.12 bits per heavy atom. The minimum atomic E-state index is 0.0386. The van der Waals surface area contributed by atoms with Gasteiger partial charge >= 0.3 is 0 Å². The molecule has 2 N–H and O–H groups in total. The molecule has 1 saturated carbocycles. The van der Waals surface area contributed by atoms with E-state index in [-0.39, 0.29) is 5.54 Å². The van der Waals surface area contributed by atoms with E-state index in [1.807, 2.05) is 0 Å². The van der Waals surface area contributed by atoms with Crippen molar-refractivity contribution in [2.24, 2.45) is 11.1 Å². The molecule has 2 rings (SSSR count). The van der Waals surface area contributed by atoms with Gasteiger partial charge in [-0.15, -0.1) is 0 Å². The van der Waals surface area contributed by atoms with Gasteiger partial charge in [0.15, 0.2) is 0 Å². The molecule has 0 aromatic heterocycles. The molecule has 0 heterocycles. The van der Waals surface area contributed by atoms with E-state index in [1.165, 1.54) is 18.4 Å². The molecule has 0 bridgehead atoms. The molecule has 1 aromatic carbocycles. The molecule has 88 valence electrons. The van der Waals surface area contributed by atoms with Gasteiger partial charge in [0.25, 0.3) is 0 Å². The van der Waals surface area contributed by atoms with Crippen LogP contribution < -0.4 is 5.73 Å². The first-order chi connectivity index (χ1) is 7.49. The highest BCUT2D eigenvalue weighted by Crippen LogP contribution is 2.40. The van der Waals surface area contributed by atoms with Crippen molar-refractivity contribution in [2.75, 3.05) is 0 Å². The molecule has 1 aliphatic rings. The summed E-state index contributed by atoms with van der Waals surface area (Å²) in [6, 6.07) is 10.6. The second kappa shape index (κ2) is 4.21. The standard InChI is InChI=1S/C15H23N/c1-14(2)8-10-15(16,11-9-14)12-13-6-4-3-5-7-13/h3-7H,8-12,16H2,1-2H3. The summed E-state index contributed by atoms with van der Waals surface area (Å²) in [6.45, 7) is 4.71. The first kappa shape index (κ1) is 11.7. The summed E-state index contributed by atoms with van der Waals surface area (Å²) >= 11 is 0. The Morgan fingerprint density at radius 2 is 1.56 bits per heavy atom. The lowest BCUT2D eigenvalue weighted by Gasteiger charge is -2.41. The molecule has 0 aliphatic heterocycles. The zero-order valence-corrected chi connectivity index (χ0v) is 10.5. The molecule has 1 heteroatoms. The highest BCUT2D eigenvalue weighted by atomic mass is 14.7. The maximum Gasteiger partial charge on any atom is 0.0195 e. The predicted octanol–water partition coefficient (Wildman–Crippen LogP) is 3.53. The van der Waals surface area contributed by atoms with E-state index < -0.39 is 0 Å². The van der Waals surface area contributed by atoms with Crippen LogP contribution in [-0.2, 0) is 6.42 Å². The van der Waals surface area contributed by atoms with Gasteiger partial charge < -0.3 is 5.73 Å². The lowest BCUT2D eigenvalue weighted by atomic mass is 9.68.